The fraction of sp³-hybridized carbons (Fsp3) is 0.450. The van der Waals surface area contributed by atoms with Gasteiger partial charge < -0.3 is 14.5 Å². The van der Waals surface area contributed by atoms with Gasteiger partial charge in [-0.3, -0.25) is 4.79 Å². The van der Waals surface area contributed by atoms with Crippen molar-refractivity contribution in [3.05, 3.63) is 48.3 Å². The maximum absolute atomic E-state index is 12.4. The molecule has 0 atom stereocenters. The van der Waals surface area contributed by atoms with Crippen molar-refractivity contribution in [2.24, 2.45) is 0 Å². The van der Waals surface area contributed by atoms with Gasteiger partial charge in [0.1, 0.15) is 5.75 Å². The summed E-state index contributed by atoms with van der Waals surface area (Å²) in [6.07, 6.45) is 3.47. The first-order valence-electron chi connectivity index (χ1n) is 8.96. The van der Waals surface area contributed by atoms with E-state index in [-0.39, 0.29) is 17.9 Å². The summed E-state index contributed by atoms with van der Waals surface area (Å²) in [5.74, 6) is 1.45. The minimum Gasteiger partial charge on any atom is -0.484 e. The monoisotopic (exact) mass is 354 g/mol. The zero-order valence-electron chi connectivity index (χ0n) is 15.7. The molecule has 1 aromatic heterocycles. The fourth-order valence-corrected chi connectivity index (χ4v) is 2.90. The molecule has 1 saturated heterocycles. The molecule has 1 fully saturated rings. The Kier molecular flexibility index (Phi) is 5.40. The van der Waals surface area contributed by atoms with E-state index in [1.807, 2.05) is 17.0 Å². The van der Waals surface area contributed by atoms with Crippen LogP contribution in [0.4, 0.5) is 5.95 Å². The van der Waals surface area contributed by atoms with Gasteiger partial charge in [-0.1, -0.05) is 32.9 Å². The smallest absolute Gasteiger partial charge is 0.260 e. The predicted octanol–water partition coefficient (Wildman–Crippen LogP) is 2.50. The number of piperazine rings is 1. The zero-order valence-corrected chi connectivity index (χ0v) is 15.7. The van der Waals surface area contributed by atoms with Crippen molar-refractivity contribution in [3.63, 3.8) is 0 Å². The third kappa shape index (κ3) is 4.50. The Morgan fingerprint density at radius 1 is 1.04 bits per heavy atom. The molecule has 0 bridgehead atoms. The maximum Gasteiger partial charge on any atom is 0.260 e. The van der Waals surface area contributed by atoms with Crippen LogP contribution in [0.3, 0.4) is 0 Å². The quantitative estimate of drug-likeness (QED) is 0.844. The van der Waals surface area contributed by atoms with E-state index in [9.17, 15) is 4.79 Å². The molecule has 1 aliphatic rings. The van der Waals surface area contributed by atoms with Gasteiger partial charge in [-0.05, 0) is 29.2 Å². The second kappa shape index (κ2) is 7.72. The summed E-state index contributed by atoms with van der Waals surface area (Å²) in [6, 6.07) is 9.77. The number of benzene rings is 1. The van der Waals surface area contributed by atoms with Crippen LogP contribution in [0.2, 0.25) is 0 Å². The third-order valence-corrected chi connectivity index (χ3v) is 4.55. The molecule has 0 saturated carbocycles. The minimum atomic E-state index is 0.0125. The van der Waals surface area contributed by atoms with Crippen LogP contribution >= 0.6 is 0 Å². The second-order valence-electron chi connectivity index (χ2n) is 7.48. The third-order valence-electron chi connectivity index (χ3n) is 4.55. The summed E-state index contributed by atoms with van der Waals surface area (Å²) in [5.41, 5.74) is 1.35. The van der Waals surface area contributed by atoms with Gasteiger partial charge >= 0.3 is 0 Å². The van der Waals surface area contributed by atoms with Crippen molar-refractivity contribution < 1.29 is 9.53 Å². The highest BCUT2D eigenvalue weighted by atomic mass is 16.5. The van der Waals surface area contributed by atoms with Crippen LogP contribution < -0.4 is 9.64 Å². The molecule has 0 N–H and O–H groups in total. The molecule has 2 aromatic rings. The van der Waals surface area contributed by atoms with E-state index in [0.717, 1.165) is 24.8 Å². The van der Waals surface area contributed by atoms with Crippen LogP contribution in [0.1, 0.15) is 26.3 Å². The average molecular weight is 354 g/mol. The lowest BCUT2D eigenvalue weighted by atomic mass is 9.87. The number of hydrogen-bond donors (Lipinski definition) is 0. The van der Waals surface area contributed by atoms with Crippen molar-refractivity contribution in [2.75, 3.05) is 37.7 Å². The molecule has 0 unspecified atom stereocenters. The lowest BCUT2D eigenvalue weighted by Gasteiger charge is -2.34. The standard InChI is InChI=1S/C20H26N4O2/c1-20(2,3)16-5-7-17(8-6-16)26-15-18(25)23-11-13-24(14-12-23)19-21-9-4-10-22-19/h4-10H,11-15H2,1-3H3. The molecule has 1 amide bonds. The summed E-state index contributed by atoms with van der Waals surface area (Å²) in [7, 11) is 0. The topological polar surface area (TPSA) is 58.6 Å². The summed E-state index contributed by atoms with van der Waals surface area (Å²) < 4.78 is 5.67. The lowest BCUT2D eigenvalue weighted by molar-refractivity contribution is -0.133. The maximum atomic E-state index is 12.4. The van der Waals surface area contributed by atoms with Crippen LogP contribution in [0.25, 0.3) is 0 Å². The Hall–Kier alpha value is -2.63. The molecule has 1 aliphatic heterocycles. The van der Waals surface area contributed by atoms with Crippen LogP contribution in [-0.2, 0) is 10.2 Å². The summed E-state index contributed by atoms with van der Waals surface area (Å²) in [6.45, 7) is 9.36. The Morgan fingerprint density at radius 3 is 2.23 bits per heavy atom. The molecular weight excluding hydrogens is 328 g/mol. The number of ether oxygens (including phenoxy) is 1. The Balaban J connectivity index is 1.47. The van der Waals surface area contributed by atoms with E-state index in [4.69, 9.17) is 4.74 Å². The highest BCUT2D eigenvalue weighted by molar-refractivity contribution is 5.78. The first-order chi connectivity index (χ1) is 12.4. The van der Waals surface area contributed by atoms with E-state index in [1.54, 1.807) is 18.5 Å². The number of rotatable bonds is 4. The van der Waals surface area contributed by atoms with Crippen LogP contribution in [-0.4, -0.2) is 53.6 Å². The van der Waals surface area contributed by atoms with Crippen LogP contribution in [0.5, 0.6) is 5.75 Å². The SMILES string of the molecule is CC(C)(C)c1ccc(OCC(=O)N2CCN(c3ncccn3)CC2)cc1. The second-order valence-corrected chi connectivity index (χ2v) is 7.48. The largest absolute Gasteiger partial charge is 0.484 e. The summed E-state index contributed by atoms with van der Waals surface area (Å²) in [5, 5.41) is 0. The lowest BCUT2D eigenvalue weighted by Crippen LogP contribution is -2.50. The van der Waals surface area contributed by atoms with Gasteiger partial charge in [0, 0.05) is 38.6 Å². The van der Waals surface area contributed by atoms with Gasteiger partial charge in [0.2, 0.25) is 5.95 Å². The number of carbonyl (C=O) groups excluding carboxylic acids is 1. The van der Waals surface area contributed by atoms with Crippen LogP contribution in [0, 0.1) is 0 Å². The highest BCUT2D eigenvalue weighted by Gasteiger charge is 2.22. The molecular formula is C20H26N4O2. The van der Waals surface area contributed by atoms with E-state index < -0.39 is 0 Å². The first-order valence-corrected chi connectivity index (χ1v) is 8.96. The van der Waals surface area contributed by atoms with E-state index in [2.05, 4.69) is 47.8 Å². The number of anilines is 1. The fourth-order valence-electron chi connectivity index (χ4n) is 2.90. The number of nitrogens with zero attached hydrogens (tertiary/aromatic N) is 4. The molecule has 6 heteroatoms. The number of amides is 1. The highest BCUT2D eigenvalue weighted by Crippen LogP contribution is 2.24. The number of aromatic nitrogens is 2. The van der Waals surface area contributed by atoms with Crippen molar-refractivity contribution >= 4 is 11.9 Å². The molecule has 1 aromatic carbocycles. The van der Waals surface area contributed by atoms with Crippen molar-refractivity contribution in [2.45, 2.75) is 26.2 Å². The number of hydrogen-bond acceptors (Lipinski definition) is 5. The van der Waals surface area contributed by atoms with E-state index in [0.29, 0.717) is 13.1 Å². The van der Waals surface area contributed by atoms with Crippen molar-refractivity contribution in [1.82, 2.24) is 14.9 Å². The molecule has 26 heavy (non-hydrogen) atoms. The zero-order chi connectivity index (χ0) is 18.6. The van der Waals surface area contributed by atoms with Gasteiger partial charge in [0.25, 0.3) is 5.91 Å². The van der Waals surface area contributed by atoms with Crippen molar-refractivity contribution in [3.8, 4) is 5.75 Å². The van der Waals surface area contributed by atoms with Crippen molar-refractivity contribution in [1.29, 1.82) is 0 Å². The van der Waals surface area contributed by atoms with Gasteiger partial charge in [-0.25, -0.2) is 9.97 Å². The average Bonchev–Trinajstić information content (AvgIpc) is 2.66. The predicted molar refractivity (Wildman–Crippen MR) is 101 cm³/mol. The molecule has 138 valence electrons. The number of carbonyl (C=O) groups is 1. The Labute approximate surface area is 154 Å². The van der Waals surface area contributed by atoms with Gasteiger partial charge in [0.05, 0.1) is 0 Å². The molecule has 0 spiro atoms. The summed E-state index contributed by atoms with van der Waals surface area (Å²) in [4.78, 5) is 24.8. The molecule has 2 heterocycles. The normalized spacial score (nSPS) is 15.0. The summed E-state index contributed by atoms with van der Waals surface area (Å²) >= 11 is 0. The molecule has 6 nitrogen and oxygen atoms in total. The molecule has 3 rings (SSSR count). The van der Waals surface area contributed by atoms with Gasteiger partial charge in [-0.2, -0.15) is 0 Å². The van der Waals surface area contributed by atoms with Gasteiger partial charge in [0.15, 0.2) is 6.61 Å². The Bertz CT molecular complexity index is 718. The van der Waals surface area contributed by atoms with Gasteiger partial charge in [-0.15, -0.1) is 0 Å². The van der Waals surface area contributed by atoms with E-state index >= 15 is 0 Å². The molecule has 0 radical (unpaired) electrons. The Morgan fingerprint density at radius 2 is 1.65 bits per heavy atom. The van der Waals surface area contributed by atoms with E-state index in [1.165, 1.54) is 5.56 Å². The molecule has 0 aliphatic carbocycles. The van der Waals surface area contributed by atoms with Crippen LogP contribution in [0.15, 0.2) is 42.7 Å². The first kappa shape index (κ1) is 18.2. The minimum absolute atomic E-state index is 0.0125.